The number of urea groups is 1. The van der Waals surface area contributed by atoms with Crippen LogP contribution in [0.5, 0.6) is 0 Å². The Morgan fingerprint density at radius 1 is 1.11 bits per heavy atom. The van der Waals surface area contributed by atoms with Crippen molar-refractivity contribution in [2.45, 2.75) is 25.3 Å². The van der Waals surface area contributed by atoms with Gasteiger partial charge in [0.2, 0.25) is 5.89 Å². The molecule has 2 aromatic carbocycles. The van der Waals surface area contributed by atoms with E-state index in [9.17, 15) is 18.0 Å². The van der Waals surface area contributed by atoms with Crippen molar-refractivity contribution >= 4 is 23.2 Å². The van der Waals surface area contributed by atoms with Gasteiger partial charge in [-0.15, -0.1) is 0 Å². The van der Waals surface area contributed by atoms with Crippen LogP contribution in [0.1, 0.15) is 17.9 Å². The molecule has 2 aliphatic heterocycles. The van der Waals surface area contributed by atoms with E-state index in [4.69, 9.17) is 10.2 Å². The van der Waals surface area contributed by atoms with E-state index in [1.54, 1.807) is 47.5 Å². The number of hydrogen-bond donors (Lipinski definition) is 2. The van der Waals surface area contributed by atoms with Gasteiger partial charge in [0.05, 0.1) is 29.7 Å². The summed E-state index contributed by atoms with van der Waals surface area (Å²) in [4.78, 5) is 25.8. The molecule has 1 fully saturated rings. The monoisotopic (exact) mass is 506 g/mol. The van der Waals surface area contributed by atoms with Crippen LogP contribution < -0.4 is 20.9 Å². The van der Waals surface area contributed by atoms with Crippen LogP contribution in [0.15, 0.2) is 71.3 Å². The van der Waals surface area contributed by atoms with Crippen molar-refractivity contribution in [3.63, 3.8) is 0 Å². The largest absolute Gasteiger partial charge is 0.439 e. The number of hydrogen-bond acceptors (Lipinski definition) is 6. The van der Waals surface area contributed by atoms with E-state index in [0.717, 1.165) is 36.3 Å². The maximum absolute atomic E-state index is 13.4. The van der Waals surface area contributed by atoms with Gasteiger partial charge >= 0.3 is 12.2 Å². The van der Waals surface area contributed by atoms with Crippen molar-refractivity contribution in [3.05, 3.63) is 78.3 Å². The quantitative estimate of drug-likeness (QED) is 0.381. The molecule has 1 atom stereocenters. The maximum atomic E-state index is 13.4. The first kappa shape index (κ1) is 23.0. The number of alkyl halides is 3. The molecule has 37 heavy (non-hydrogen) atoms. The fraction of sp³-hybridized carbons (Fsp3) is 0.192. The number of halogens is 3. The van der Waals surface area contributed by atoms with Gasteiger partial charge < -0.3 is 20.4 Å². The van der Waals surface area contributed by atoms with Gasteiger partial charge in [-0.1, -0.05) is 24.3 Å². The summed E-state index contributed by atoms with van der Waals surface area (Å²) < 4.78 is 45.3. The Hall–Kier alpha value is -4.38. The van der Waals surface area contributed by atoms with Gasteiger partial charge in [0.25, 0.3) is 0 Å². The SMILES string of the molecule is NCc1ncc(-c2cccc(NC(=O)N3c4nc(-c5cccc(C(F)(F)F)c5)ccc4N4CCC43)c2)o1. The molecule has 2 amide bonds. The van der Waals surface area contributed by atoms with Crippen LogP contribution in [0.2, 0.25) is 0 Å². The van der Waals surface area contributed by atoms with Gasteiger partial charge in [0.1, 0.15) is 6.17 Å². The van der Waals surface area contributed by atoms with Crippen LogP contribution >= 0.6 is 0 Å². The lowest BCUT2D eigenvalue weighted by atomic mass is 10.1. The molecule has 1 saturated heterocycles. The average molecular weight is 506 g/mol. The first-order valence-corrected chi connectivity index (χ1v) is 11.6. The highest BCUT2D eigenvalue weighted by molar-refractivity contribution is 6.06. The van der Waals surface area contributed by atoms with Crippen molar-refractivity contribution in [2.75, 3.05) is 21.7 Å². The van der Waals surface area contributed by atoms with Crippen LogP contribution in [-0.4, -0.2) is 28.7 Å². The normalized spacial score (nSPS) is 16.3. The zero-order chi connectivity index (χ0) is 25.7. The van der Waals surface area contributed by atoms with Crippen molar-refractivity contribution in [2.24, 2.45) is 5.73 Å². The maximum Gasteiger partial charge on any atom is 0.416 e. The number of fused-ring (bicyclic) bond motifs is 3. The second kappa shape index (κ2) is 8.63. The zero-order valence-corrected chi connectivity index (χ0v) is 19.4. The molecule has 2 aliphatic rings. The number of carbonyl (C=O) groups excluding carboxylic acids is 1. The molecule has 0 spiro atoms. The third-order valence-electron chi connectivity index (χ3n) is 6.51. The van der Waals surface area contributed by atoms with Crippen molar-refractivity contribution in [3.8, 4) is 22.6 Å². The minimum absolute atomic E-state index is 0.179. The second-order valence-corrected chi connectivity index (χ2v) is 8.78. The molecule has 2 aromatic heterocycles. The van der Waals surface area contributed by atoms with Gasteiger partial charge in [-0.2, -0.15) is 13.2 Å². The average Bonchev–Trinajstić information content (AvgIpc) is 3.44. The molecular formula is C26H21F3N6O2. The lowest BCUT2D eigenvalue weighted by Crippen LogP contribution is -2.56. The van der Waals surface area contributed by atoms with E-state index in [1.807, 2.05) is 6.07 Å². The molecule has 1 unspecified atom stereocenters. The Kier molecular flexibility index (Phi) is 5.37. The molecule has 0 aliphatic carbocycles. The summed E-state index contributed by atoms with van der Waals surface area (Å²) in [5, 5.41) is 2.91. The predicted molar refractivity (Wildman–Crippen MR) is 132 cm³/mol. The van der Waals surface area contributed by atoms with Gasteiger partial charge in [-0.25, -0.2) is 14.8 Å². The number of oxazole rings is 1. The summed E-state index contributed by atoms with van der Waals surface area (Å²) in [7, 11) is 0. The van der Waals surface area contributed by atoms with Gasteiger partial charge in [-0.3, -0.25) is 4.90 Å². The molecule has 3 N–H and O–H groups in total. The highest BCUT2D eigenvalue weighted by Crippen LogP contribution is 2.45. The molecular weight excluding hydrogens is 485 g/mol. The molecule has 188 valence electrons. The second-order valence-electron chi connectivity index (χ2n) is 8.78. The zero-order valence-electron chi connectivity index (χ0n) is 19.4. The Morgan fingerprint density at radius 2 is 1.92 bits per heavy atom. The molecule has 4 heterocycles. The molecule has 6 rings (SSSR count). The van der Waals surface area contributed by atoms with Crippen molar-refractivity contribution in [1.82, 2.24) is 9.97 Å². The molecule has 11 heteroatoms. The Balaban J connectivity index is 1.29. The third-order valence-corrected chi connectivity index (χ3v) is 6.51. The van der Waals surface area contributed by atoms with E-state index in [1.165, 1.54) is 6.07 Å². The van der Waals surface area contributed by atoms with Gasteiger partial charge in [0.15, 0.2) is 11.6 Å². The summed E-state index contributed by atoms with van der Waals surface area (Å²) in [5.41, 5.74) is 7.53. The standard InChI is InChI=1S/C26H21F3N6O2/c27-26(28,29)17-5-1-3-15(11-17)19-7-8-20-24(33-19)35(23-9-10-34(20)23)25(36)32-18-6-2-4-16(12-18)21-14-31-22(13-30)37-21/h1-8,11-12,14,23H,9-10,13,30H2,(H,32,36). The number of pyridine rings is 1. The van der Waals surface area contributed by atoms with Crippen LogP contribution in [-0.2, 0) is 12.7 Å². The minimum atomic E-state index is -4.46. The van der Waals surface area contributed by atoms with Gasteiger partial charge in [-0.05, 0) is 36.4 Å². The minimum Gasteiger partial charge on any atom is -0.439 e. The Morgan fingerprint density at radius 3 is 2.65 bits per heavy atom. The van der Waals surface area contributed by atoms with Crippen LogP contribution in [0, 0.1) is 0 Å². The number of amides is 2. The van der Waals surface area contributed by atoms with E-state index in [0.29, 0.717) is 34.4 Å². The van der Waals surface area contributed by atoms with E-state index in [2.05, 4.69) is 20.2 Å². The highest BCUT2D eigenvalue weighted by Gasteiger charge is 2.46. The first-order valence-electron chi connectivity index (χ1n) is 11.6. The lowest BCUT2D eigenvalue weighted by molar-refractivity contribution is -0.137. The summed E-state index contributed by atoms with van der Waals surface area (Å²) >= 11 is 0. The van der Waals surface area contributed by atoms with Crippen molar-refractivity contribution < 1.29 is 22.4 Å². The van der Waals surface area contributed by atoms with E-state index < -0.39 is 11.7 Å². The summed E-state index contributed by atoms with van der Waals surface area (Å²) in [5.74, 6) is 1.35. The number of anilines is 3. The number of nitrogens with zero attached hydrogens (tertiary/aromatic N) is 4. The fourth-order valence-electron chi connectivity index (χ4n) is 4.63. The van der Waals surface area contributed by atoms with E-state index in [-0.39, 0.29) is 18.7 Å². The summed E-state index contributed by atoms with van der Waals surface area (Å²) in [6.45, 7) is 0.939. The number of rotatable bonds is 4. The Labute approximate surface area is 209 Å². The highest BCUT2D eigenvalue weighted by atomic mass is 19.4. The lowest BCUT2D eigenvalue weighted by Gasteiger charge is -2.39. The summed E-state index contributed by atoms with van der Waals surface area (Å²) in [6.07, 6.45) is -2.34. The number of benzene rings is 2. The van der Waals surface area contributed by atoms with E-state index >= 15 is 0 Å². The predicted octanol–water partition coefficient (Wildman–Crippen LogP) is 5.47. The fourth-order valence-corrected chi connectivity index (χ4v) is 4.63. The molecule has 0 saturated carbocycles. The van der Waals surface area contributed by atoms with Crippen LogP contribution in [0.25, 0.3) is 22.6 Å². The Bertz CT molecular complexity index is 1500. The first-order chi connectivity index (χ1) is 17.8. The van der Waals surface area contributed by atoms with Gasteiger partial charge in [0, 0.05) is 29.8 Å². The van der Waals surface area contributed by atoms with Crippen LogP contribution in [0.4, 0.5) is 35.2 Å². The molecule has 8 nitrogen and oxygen atoms in total. The number of nitrogens with two attached hydrogens (primary N) is 1. The topological polar surface area (TPSA) is 101 Å². The third kappa shape index (κ3) is 4.06. The molecule has 0 radical (unpaired) electrons. The smallest absolute Gasteiger partial charge is 0.416 e. The molecule has 4 aromatic rings. The van der Waals surface area contributed by atoms with Crippen molar-refractivity contribution in [1.29, 1.82) is 0 Å². The number of nitrogens with one attached hydrogen (secondary N) is 1. The van der Waals surface area contributed by atoms with Crippen LogP contribution in [0.3, 0.4) is 0 Å². The molecule has 0 bridgehead atoms. The summed E-state index contributed by atoms with van der Waals surface area (Å²) in [6, 6.07) is 15.2. The number of carbonyl (C=O) groups is 1. The number of aromatic nitrogens is 2.